The Hall–Kier alpha value is -1.82. The second kappa shape index (κ2) is 8.71. The maximum Gasteiger partial charge on any atom is 0.257 e. The molecular formula is C20H30F2N4. The SMILES string of the molecule is CCCC1CC(N/C=C(/C2CNc3ccccc3N2)C(NC)C(F)F)C1. The largest absolute Gasteiger partial charge is 0.388 e. The topological polar surface area (TPSA) is 48.1 Å². The molecule has 0 saturated heterocycles. The van der Waals surface area contributed by atoms with Crippen molar-refractivity contribution >= 4 is 11.4 Å². The molecule has 0 amide bonds. The summed E-state index contributed by atoms with van der Waals surface area (Å²) in [6.07, 6.45) is 4.11. The summed E-state index contributed by atoms with van der Waals surface area (Å²) in [5, 5.41) is 12.9. The van der Waals surface area contributed by atoms with E-state index in [2.05, 4.69) is 28.2 Å². The molecule has 0 spiro atoms. The molecule has 1 aromatic carbocycles. The van der Waals surface area contributed by atoms with Crippen molar-refractivity contribution in [2.75, 3.05) is 24.2 Å². The third-order valence-corrected chi connectivity index (χ3v) is 5.50. The summed E-state index contributed by atoms with van der Waals surface area (Å²) < 4.78 is 27.2. The molecule has 1 heterocycles. The van der Waals surface area contributed by atoms with Crippen LogP contribution >= 0.6 is 0 Å². The van der Waals surface area contributed by atoms with Crippen LogP contribution in [0.2, 0.25) is 0 Å². The number of hydrogen-bond acceptors (Lipinski definition) is 4. The van der Waals surface area contributed by atoms with Crippen molar-refractivity contribution in [3.63, 3.8) is 0 Å². The highest BCUT2D eigenvalue weighted by Crippen LogP contribution is 2.32. The standard InChI is InChI=1S/C20H30F2N4/c1-3-6-13-9-14(10-13)24-11-15(19(23-2)20(21)22)18-12-25-16-7-4-5-8-17(16)26-18/h4-5,7-8,11,13-14,18-20,23-26H,3,6,9-10,12H2,1-2H3/b15-11-. The van der Waals surface area contributed by atoms with Crippen LogP contribution in [0.5, 0.6) is 0 Å². The van der Waals surface area contributed by atoms with E-state index in [1.54, 1.807) is 7.05 Å². The first-order valence-electron chi connectivity index (χ1n) is 9.63. The molecule has 2 aliphatic rings. The molecule has 1 saturated carbocycles. The van der Waals surface area contributed by atoms with Gasteiger partial charge in [0.05, 0.1) is 23.5 Å². The smallest absolute Gasteiger partial charge is 0.257 e. The molecule has 4 N–H and O–H groups in total. The minimum absolute atomic E-state index is 0.185. The molecule has 1 aliphatic heterocycles. The fraction of sp³-hybridized carbons (Fsp3) is 0.600. The van der Waals surface area contributed by atoms with Crippen LogP contribution in [0.15, 0.2) is 36.0 Å². The van der Waals surface area contributed by atoms with Crippen molar-refractivity contribution in [3.05, 3.63) is 36.0 Å². The Balaban J connectivity index is 1.71. The van der Waals surface area contributed by atoms with Crippen LogP contribution in [-0.2, 0) is 0 Å². The van der Waals surface area contributed by atoms with Crippen molar-refractivity contribution in [1.29, 1.82) is 0 Å². The van der Waals surface area contributed by atoms with E-state index >= 15 is 0 Å². The predicted molar refractivity (Wildman–Crippen MR) is 104 cm³/mol. The maximum atomic E-state index is 13.6. The molecule has 0 radical (unpaired) electrons. The number of likely N-dealkylation sites (N-methyl/N-ethyl adjacent to an activating group) is 1. The zero-order chi connectivity index (χ0) is 18.5. The molecule has 2 unspecified atom stereocenters. The van der Waals surface area contributed by atoms with Gasteiger partial charge >= 0.3 is 0 Å². The first kappa shape index (κ1) is 19.0. The minimum Gasteiger partial charge on any atom is -0.388 e. The molecule has 144 valence electrons. The molecule has 3 rings (SSSR count). The number of rotatable bonds is 8. The summed E-state index contributed by atoms with van der Waals surface area (Å²) in [5.41, 5.74) is 2.63. The normalized spacial score (nSPS) is 26.3. The van der Waals surface area contributed by atoms with Gasteiger partial charge in [-0.15, -0.1) is 0 Å². The van der Waals surface area contributed by atoms with Gasteiger partial charge < -0.3 is 21.3 Å². The van der Waals surface area contributed by atoms with Crippen molar-refractivity contribution in [3.8, 4) is 0 Å². The van der Waals surface area contributed by atoms with E-state index in [4.69, 9.17) is 0 Å². The minimum atomic E-state index is -2.46. The van der Waals surface area contributed by atoms with Gasteiger partial charge in [0.15, 0.2) is 0 Å². The molecule has 0 aromatic heterocycles. The van der Waals surface area contributed by atoms with Gasteiger partial charge in [0.1, 0.15) is 0 Å². The summed E-state index contributed by atoms with van der Waals surface area (Å²) >= 11 is 0. The Bertz CT molecular complexity index is 614. The van der Waals surface area contributed by atoms with Crippen LogP contribution in [0, 0.1) is 5.92 Å². The molecule has 26 heavy (non-hydrogen) atoms. The van der Waals surface area contributed by atoms with Crippen molar-refractivity contribution in [2.24, 2.45) is 5.92 Å². The lowest BCUT2D eigenvalue weighted by molar-refractivity contribution is 0.114. The van der Waals surface area contributed by atoms with Crippen molar-refractivity contribution in [1.82, 2.24) is 10.6 Å². The van der Waals surface area contributed by atoms with Gasteiger partial charge in [-0.25, -0.2) is 8.78 Å². The zero-order valence-corrected chi connectivity index (χ0v) is 15.6. The fourth-order valence-electron chi connectivity index (χ4n) is 3.99. The van der Waals surface area contributed by atoms with Gasteiger partial charge in [0.25, 0.3) is 6.43 Å². The molecule has 2 atom stereocenters. The Labute approximate surface area is 154 Å². The first-order chi connectivity index (χ1) is 12.6. The molecule has 1 aromatic rings. The third-order valence-electron chi connectivity index (χ3n) is 5.50. The molecule has 0 bridgehead atoms. The second-order valence-corrected chi connectivity index (χ2v) is 7.36. The van der Waals surface area contributed by atoms with Gasteiger partial charge in [-0.2, -0.15) is 0 Å². The Kier molecular flexibility index (Phi) is 6.35. The number of nitrogens with one attached hydrogen (secondary N) is 4. The summed E-state index contributed by atoms with van der Waals surface area (Å²) in [5.74, 6) is 0.783. The number of para-hydroxylation sites is 2. The number of alkyl halides is 2. The quantitative estimate of drug-likeness (QED) is 0.567. The average molecular weight is 364 g/mol. The Morgan fingerprint density at radius 1 is 1.27 bits per heavy atom. The van der Waals surface area contributed by atoms with Gasteiger partial charge in [0, 0.05) is 12.6 Å². The van der Waals surface area contributed by atoms with E-state index in [1.165, 1.54) is 12.8 Å². The molecular weight excluding hydrogens is 334 g/mol. The lowest BCUT2D eigenvalue weighted by Crippen LogP contribution is -2.47. The highest BCUT2D eigenvalue weighted by molar-refractivity contribution is 5.72. The molecule has 1 fully saturated rings. The lowest BCUT2D eigenvalue weighted by Gasteiger charge is -2.37. The summed E-state index contributed by atoms with van der Waals surface area (Å²) in [6.45, 7) is 2.79. The third kappa shape index (κ3) is 4.29. The van der Waals surface area contributed by atoms with Gasteiger partial charge in [0.2, 0.25) is 0 Å². The summed E-state index contributed by atoms with van der Waals surface area (Å²) in [6, 6.07) is 7.12. The van der Waals surface area contributed by atoms with E-state index < -0.39 is 12.5 Å². The van der Waals surface area contributed by atoms with Crippen molar-refractivity contribution < 1.29 is 8.78 Å². The van der Waals surface area contributed by atoms with Crippen LogP contribution in [0.3, 0.4) is 0 Å². The van der Waals surface area contributed by atoms with E-state index in [1.807, 2.05) is 30.5 Å². The van der Waals surface area contributed by atoms with Gasteiger partial charge in [-0.1, -0.05) is 31.9 Å². The summed E-state index contributed by atoms with van der Waals surface area (Å²) in [7, 11) is 1.59. The number of benzene rings is 1. The predicted octanol–water partition coefficient (Wildman–Crippen LogP) is 3.80. The Morgan fingerprint density at radius 3 is 2.65 bits per heavy atom. The van der Waals surface area contributed by atoms with Crippen LogP contribution in [0.25, 0.3) is 0 Å². The highest BCUT2D eigenvalue weighted by Gasteiger charge is 2.32. The average Bonchev–Trinajstić information content (AvgIpc) is 2.61. The summed E-state index contributed by atoms with van der Waals surface area (Å²) in [4.78, 5) is 0. The van der Waals surface area contributed by atoms with Crippen molar-refractivity contribution in [2.45, 2.75) is 57.2 Å². The van der Waals surface area contributed by atoms with E-state index in [9.17, 15) is 8.78 Å². The number of anilines is 2. The zero-order valence-electron chi connectivity index (χ0n) is 15.6. The lowest BCUT2D eigenvalue weighted by atomic mass is 9.77. The number of fused-ring (bicyclic) bond motifs is 1. The van der Waals surface area contributed by atoms with E-state index in [0.29, 0.717) is 18.2 Å². The first-order valence-corrected chi connectivity index (χ1v) is 9.63. The monoisotopic (exact) mass is 364 g/mol. The second-order valence-electron chi connectivity index (χ2n) is 7.36. The Morgan fingerprint density at radius 2 is 2.00 bits per heavy atom. The van der Waals surface area contributed by atoms with Crippen LogP contribution in [0.4, 0.5) is 20.2 Å². The molecule has 4 nitrogen and oxygen atoms in total. The van der Waals surface area contributed by atoms with Crippen LogP contribution < -0.4 is 21.3 Å². The van der Waals surface area contributed by atoms with Gasteiger partial charge in [-0.3, -0.25) is 0 Å². The van der Waals surface area contributed by atoms with E-state index in [0.717, 1.165) is 30.1 Å². The molecule has 1 aliphatic carbocycles. The van der Waals surface area contributed by atoms with E-state index in [-0.39, 0.29) is 6.04 Å². The van der Waals surface area contributed by atoms with Gasteiger partial charge in [-0.05, 0) is 49.7 Å². The number of hydrogen-bond donors (Lipinski definition) is 4. The van der Waals surface area contributed by atoms with Crippen LogP contribution in [-0.4, -0.2) is 38.1 Å². The fourth-order valence-corrected chi connectivity index (χ4v) is 3.99. The molecule has 6 heteroatoms. The highest BCUT2D eigenvalue weighted by atomic mass is 19.3. The number of halogens is 2. The van der Waals surface area contributed by atoms with Crippen LogP contribution in [0.1, 0.15) is 32.6 Å². The maximum absolute atomic E-state index is 13.6.